The van der Waals surface area contributed by atoms with E-state index in [2.05, 4.69) is 10.2 Å². The third-order valence-corrected chi connectivity index (χ3v) is 3.50. The van der Waals surface area contributed by atoms with Crippen LogP contribution in [0.3, 0.4) is 0 Å². The monoisotopic (exact) mass is 375 g/mol. The lowest BCUT2D eigenvalue weighted by molar-refractivity contribution is -0.292. The van der Waals surface area contributed by atoms with E-state index in [4.69, 9.17) is 0 Å². The predicted octanol–water partition coefficient (Wildman–Crippen LogP) is 2.61. The molecule has 0 amide bonds. The molecule has 0 atom stereocenters. The average Bonchev–Trinajstić information content (AvgIpc) is 2.67. The fourth-order valence-electron chi connectivity index (χ4n) is 1.71. The lowest BCUT2D eigenvalue weighted by Gasteiger charge is -2.19. The van der Waals surface area contributed by atoms with Gasteiger partial charge in [0.2, 0.25) is 0 Å². The molecule has 5 nitrogen and oxygen atoms in total. The number of nitrogens with two attached hydrogens (primary N) is 1. The Morgan fingerprint density at radius 3 is 1.87 bits per heavy atom. The standard InChI is InChI=1S/C9H9F8N3O2S/c1-2-3-20-6(23(18,21)22)4(8(12,13)14)5(19-20)7(10,11)9(15,16)17/h2-3H2,1H3,(H2,18,21,22). The third kappa shape index (κ3) is 3.57. The highest BCUT2D eigenvalue weighted by atomic mass is 32.2. The van der Waals surface area contributed by atoms with Gasteiger partial charge in [0.1, 0.15) is 5.56 Å². The molecule has 0 aliphatic carbocycles. The molecule has 0 saturated carbocycles. The van der Waals surface area contributed by atoms with Crippen LogP contribution in [0.2, 0.25) is 0 Å². The van der Waals surface area contributed by atoms with Crippen LogP contribution in [0.25, 0.3) is 0 Å². The van der Waals surface area contributed by atoms with Crippen molar-refractivity contribution < 1.29 is 43.5 Å². The van der Waals surface area contributed by atoms with Crippen LogP contribution in [0.4, 0.5) is 35.1 Å². The number of aryl methyl sites for hydroxylation is 1. The summed E-state index contributed by atoms with van der Waals surface area (Å²) in [5.74, 6) is -6.02. The van der Waals surface area contributed by atoms with Gasteiger partial charge in [0, 0.05) is 6.54 Å². The molecule has 134 valence electrons. The summed E-state index contributed by atoms with van der Waals surface area (Å²) in [5.41, 5.74) is -5.48. The fourth-order valence-corrected chi connectivity index (χ4v) is 2.63. The first kappa shape index (κ1) is 19.6. The van der Waals surface area contributed by atoms with E-state index in [9.17, 15) is 43.5 Å². The summed E-state index contributed by atoms with van der Waals surface area (Å²) in [7, 11) is -5.27. The summed E-state index contributed by atoms with van der Waals surface area (Å²) >= 11 is 0. The van der Waals surface area contributed by atoms with Crippen LogP contribution < -0.4 is 5.14 Å². The Morgan fingerprint density at radius 2 is 1.57 bits per heavy atom. The molecule has 0 unspecified atom stereocenters. The Kier molecular flexibility index (Phi) is 4.75. The molecule has 0 bridgehead atoms. The van der Waals surface area contributed by atoms with Gasteiger partial charge >= 0.3 is 18.3 Å². The van der Waals surface area contributed by atoms with Gasteiger partial charge in [-0.05, 0) is 6.42 Å². The smallest absolute Gasteiger partial charge is 0.252 e. The maximum Gasteiger partial charge on any atom is 0.459 e. The minimum Gasteiger partial charge on any atom is -0.252 e. The third-order valence-electron chi connectivity index (χ3n) is 2.55. The Morgan fingerprint density at radius 1 is 1.09 bits per heavy atom. The van der Waals surface area contributed by atoms with Crippen LogP contribution in [-0.2, 0) is 28.7 Å². The second kappa shape index (κ2) is 5.58. The van der Waals surface area contributed by atoms with Crippen molar-refractivity contribution in [1.29, 1.82) is 0 Å². The van der Waals surface area contributed by atoms with Gasteiger partial charge in [0.15, 0.2) is 10.7 Å². The minimum atomic E-state index is -6.41. The molecule has 1 aromatic heterocycles. The molecule has 2 N–H and O–H groups in total. The Balaban J connectivity index is 3.94. The first-order valence-corrected chi connectivity index (χ1v) is 7.25. The average molecular weight is 375 g/mol. The second-order valence-corrected chi connectivity index (χ2v) is 5.84. The van der Waals surface area contributed by atoms with Crippen molar-refractivity contribution in [3.8, 4) is 0 Å². The summed E-state index contributed by atoms with van der Waals surface area (Å²) in [6.45, 7) is 0.645. The summed E-state index contributed by atoms with van der Waals surface area (Å²) in [6.07, 6.45) is -12.4. The highest BCUT2D eigenvalue weighted by molar-refractivity contribution is 7.89. The van der Waals surface area contributed by atoms with E-state index in [-0.39, 0.29) is 11.1 Å². The zero-order valence-electron chi connectivity index (χ0n) is 11.1. The van der Waals surface area contributed by atoms with Crippen molar-refractivity contribution in [3.63, 3.8) is 0 Å². The van der Waals surface area contributed by atoms with Gasteiger partial charge in [-0.1, -0.05) is 6.92 Å². The second-order valence-electron chi connectivity index (χ2n) is 4.37. The van der Waals surface area contributed by atoms with Crippen LogP contribution in [0.5, 0.6) is 0 Å². The zero-order valence-corrected chi connectivity index (χ0v) is 12.0. The molecule has 0 aliphatic heterocycles. The topological polar surface area (TPSA) is 78.0 Å². The number of aromatic nitrogens is 2. The van der Waals surface area contributed by atoms with Crippen molar-refractivity contribution >= 4 is 10.0 Å². The number of hydrogen-bond acceptors (Lipinski definition) is 3. The fraction of sp³-hybridized carbons (Fsp3) is 0.667. The molecule has 0 aliphatic rings. The summed E-state index contributed by atoms with van der Waals surface area (Å²) in [5, 5.41) is 5.14. The maximum atomic E-state index is 13.3. The summed E-state index contributed by atoms with van der Waals surface area (Å²) in [4.78, 5) is 0. The molecular formula is C9H9F8N3O2S. The van der Waals surface area contributed by atoms with Crippen LogP contribution in [0.15, 0.2) is 5.03 Å². The van der Waals surface area contributed by atoms with E-state index in [1.807, 2.05) is 0 Å². The first-order valence-electron chi connectivity index (χ1n) is 5.71. The van der Waals surface area contributed by atoms with Crippen LogP contribution in [-0.4, -0.2) is 24.4 Å². The van der Waals surface area contributed by atoms with Crippen LogP contribution in [0, 0.1) is 0 Å². The van der Waals surface area contributed by atoms with Crippen molar-refractivity contribution in [2.45, 2.75) is 43.2 Å². The number of primary sulfonamides is 1. The van der Waals surface area contributed by atoms with Gasteiger partial charge in [0.25, 0.3) is 10.0 Å². The van der Waals surface area contributed by atoms with E-state index in [1.54, 1.807) is 0 Å². The van der Waals surface area contributed by atoms with Gasteiger partial charge in [-0.2, -0.15) is 40.2 Å². The number of halogens is 8. The molecular weight excluding hydrogens is 366 g/mol. The number of hydrogen-bond donors (Lipinski definition) is 1. The summed E-state index contributed by atoms with van der Waals surface area (Å²) < 4.78 is 125. The first-order chi connectivity index (χ1) is 10.0. The molecule has 0 aromatic carbocycles. The SMILES string of the molecule is CCCn1nc(C(F)(F)C(F)(F)F)c(C(F)(F)F)c1S(N)(=O)=O. The van der Waals surface area contributed by atoms with Crippen LogP contribution >= 0.6 is 0 Å². The van der Waals surface area contributed by atoms with Crippen molar-refractivity contribution in [1.82, 2.24) is 9.78 Å². The van der Waals surface area contributed by atoms with E-state index in [0.29, 0.717) is 0 Å². The Hall–Kier alpha value is -1.44. The van der Waals surface area contributed by atoms with Gasteiger partial charge in [0.05, 0.1) is 0 Å². The molecule has 1 aromatic rings. The largest absolute Gasteiger partial charge is 0.459 e. The number of nitrogens with zero attached hydrogens (tertiary/aromatic N) is 2. The van der Waals surface area contributed by atoms with Crippen molar-refractivity contribution in [3.05, 3.63) is 11.3 Å². The highest BCUT2D eigenvalue weighted by Gasteiger charge is 2.64. The van der Waals surface area contributed by atoms with E-state index in [0.717, 1.165) is 0 Å². The van der Waals surface area contributed by atoms with Gasteiger partial charge in [-0.15, -0.1) is 0 Å². The molecule has 14 heteroatoms. The van der Waals surface area contributed by atoms with Gasteiger partial charge in [-0.3, -0.25) is 4.68 Å². The molecule has 0 fully saturated rings. The van der Waals surface area contributed by atoms with E-state index >= 15 is 0 Å². The lowest BCUT2D eigenvalue weighted by atomic mass is 10.1. The number of alkyl halides is 8. The van der Waals surface area contributed by atoms with E-state index < -0.39 is 51.1 Å². The molecule has 1 heterocycles. The zero-order chi connectivity index (χ0) is 18.4. The van der Waals surface area contributed by atoms with Crippen molar-refractivity contribution in [2.24, 2.45) is 5.14 Å². The molecule has 0 radical (unpaired) electrons. The normalized spacial score (nSPS) is 14.3. The maximum absolute atomic E-state index is 13.3. The Labute approximate surface area is 124 Å². The van der Waals surface area contributed by atoms with E-state index in [1.165, 1.54) is 6.92 Å². The van der Waals surface area contributed by atoms with Gasteiger partial charge < -0.3 is 0 Å². The molecule has 23 heavy (non-hydrogen) atoms. The molecule has 0 saturated heterocycles. The van der Waals surface area contributed by atoms with Gasteiger partial charge in [-0.25, -0.2) is 13.6 Å². The number of sulfonamides is 1. The molecule has 1 rings (SSSR count). The predicted molar refractivity (Wildman–Crippen MR) is 58.8 cm³/mol. The van der Waals surface area contributed by atoms with Crippen molar-refractivity contribution in [2.75, 3.05) is 0 Å². The summed E-state index contributed by atoms with van der Waals surface area (Å²) in [6, 6.07) is 0. The Bertz CT molecular complexity index is 689. The minimum absolute atomic E-state index is 0.0987. The van der Waals surface area contributed by atoms with Crippen LogP contribution in [0.1, 0.15) is 24.6 Å². The molecule has 0 spiro atoms. The highest BCUT2D eigenvalue weighted by Crippen LogP contribution is 2.49. The lowest BCUT2D eigenvalue weighted by Crippen LogP contribution is -2.36. The quantitative estimate of drug-likeness (QED) is 0.822. The number of rotatable bonds is 4.